The summed E-state index contributed by atoms with van der Waals surface area (Å²) in [6.45, 7) is 3.93. The molecule has 5 nitrogen and oxygen atoms in total. The van der Waals surface area contributed by atoms with Crippen molar-refractivity contribution in [1.29, 1.82) is 0 Å². The van der Waals surface area contributed by atoms with Crippen molar-refractivity contribution in [1.82, 2.24) is 15.2 Å². The average Bonchev–Trinajstić information content (AvgIpc) is 3.34. The lowest BCUT2D eigenvalue weighted by molar-refractivity contribution is -0.126. The Labute approximate surface area is 168 Å². The van der Waals surface area contributed by atoms with E-state index < -0.39 is 0 Å². The van der Waals surface area contributed by atoms with Crippen molar-refractivity contribution in [3.8, 4) is 0 Å². The Morgan fingerprint density at radius 1 is 1.14 bits per heavy atom. The van der Waals surface area contributed by atoms with Gasteiger partial charge in [-0.2, -0.15) is 0 Å². The molecule has 1 aliphatic heterocycles. The Hall–Kier alpha value is -2.60. The highest BCUT2D eigenvalue weighted by molar-refractivity contribution is 7.16. The van der Waals surface area contributed by atoms with E-state index in [-0.39, 0.29) is 17.7 Å². The maximum absolute atomic E-state index is 12.7. The number of nitrogens with zero attached hydrogens (tertiary/aromatic N) is 1. The summed E-state index contributed by atoms with van der Waals surface area (Å²) in [6, 6.07) is 12.3. The van der Waals surface area contributed by atoms with Crippen LogP contribution in [0.15, 0.2) is 41.8 Å². The first-order valence-corrected chi connectivity index (χ1v) is 10.7. The number of amides is 2. The van der Waals surface area contributed by atoms with Gasteiger partial charge in [0, 0.05) is 30.9 Å². The fraction of sp³-hybridized carbons (Fsp3) is 0.364. The number of piperidine rings is 1. The highest BCUT2D eigenvalue weighted by atomic mass is 32.1. The molecule has 2 N–H and O–H groups in total. The number of carbonyl (C=O) groups is 2. The SMILES string of the molecule is CCc1ccc(CNC(=O)C2CCN(C(=O)c3cc4ccsc4[nH]3)CC2)cc1. The summed E-state index contributed by atoms with van der Waals surface area (Å²) in [6.07, 6.45) is 2.44. The number of benzene rings is 1. The van der Waals surface area contributed by atoms with Crippen LogP contribution in [0.25, 0.3) is 10.2 Å². The molecule has 3 heterocycles. The molecular weight excluding hydrogens is 370 g/mol. The Morgan fingerprint density at radius 2 is 1.86 bits per heavy atom. The summed E-state index contributed by atoms with van der Waals surface area (Å²) in [5.41, 5.74) is 3.05. The van der Waals surface area contributed by atoms with Gasteiger partial charge in [0.05, 0.1) is 0 Å². The van der Waals surface area contributed by atoms with Crippen LogP contribution in [0.2, 0.25) is 0 Å². The van der Waals surface area contributed by atoms with E-state index in [1.165, 1.54) is 5.56 Å². The standard InChI is InChI=1S/C22H25N3O2S/c1-2-15-3-5-16(6-4-15)14-23-20(26)17-7-10-25(11-8-17)22(27)19-13-18-9-12-28-21(18)24-19/h3-6,9,12-13,17,24H,2,7-8,10-11,14H2,1H3,(H,23,26). The second kappa shape index (κ2) is 8.19. The third kappa shape index (κ3) is 3.97. The molecule has 3 aromatic rings. The van der Waals surface area contributed by atoms with Crippen LogP contribution in [0.5, 0.6) is 0 Å². The molecule has 28 heavy (non-hydrogen) atoms. The molecule has 0 bridgehead atoms. The van der Waals surface area contributed by atoms with Gasteiger partial charge in [-0.3, -0.25) is 9.59 Å². The van der Waals surface area contributed by atoms with Crippen molar-refractivity contribution in [2.24, 2.45) is 5.92 Å². The smallest absolute Gasteiger partial charge is 0.270 e. The van der Waals surface area contributed by atoms with Gasteiger partial charge in [0.25, 0.3) is 5.91 Å². The van der Waals surface area contributed by atoms with Gasteiger partial charge in [-0.25, -0.2) is 0 Å². The number of hydrogen-bond acceptors (Lipinski definition) is 3. The van der Waals surface area contributed by atoms with E-state index in [2.05, 4.69) is 41.5 Å². The molecule has 0 spiro atoms. The molecular formula is C22H25N3O2S. The van der Waals surface area contributed by atoms with Gasteiger partial charge in [0.15, 0.2) is 0 Å². The number of rotatable bonds is 5. The molecule has 2 aromatic heterocycles. The van der Waals surface area contributed by atoms with Crippen molar-refractivity contribution in [2.45, 2.75) is 32.7 Å². The minimum atomic E-state index is -0.0221. The number of thiophene rings is 1. The number of hydrogen-bond donors (Lipinski definition) is 2. The fourth-order valence-electron chi connectivity index (χ4n) is 3.70. The second-order valence-electron chi connectivity index (χ2n) is 7.34. The molecule has 2 amide bonds. The van der Waals surface area contributed by atoms with Gasteiger partial charge in [-0.15, -0.1) is 11.3 Å². The van der Waals surface area contributed by atoms with E-state index in [0.717, 1.165) is 22.2 Å². The molecule has 1 aliphatic rings. The van der Waals surface area contributed by atoms with Crippen LogP contribution in [0.1, 0.15) is 41.4 Å². The quantitative estimate of drug-likeness (QED) is 0.687. The zero-order chi connectivity index (χ0) is 19.5. The molecule has 146 valence electrons. The Bertz CT molecular complexity index is 937. The lowest BCUT2D eigenvalue weighted by Crippen LogP contribution is -2.43. The Kier molecular flexibility index (Phi) is 5.48. The molecule has 0 radical (unpaired) electrons. The molecule has 0 aliphatic carbocycles. The van der Waals surface area contributed by atoms with Crippen LogP contribution in [0.4, 0.5) is 0 Å². The summed E-state index contributed by atoms with van der Waals surface area (Å²) < 4.78 is 0. The normalized spacial score (nSPS) is 15.1. The third-order valence-electron chi connectivity index (χ3n) is 5.53. The monoisotopic (exact) mass is 395 g/mol. The maximum atomic E-state index is 12.7. The molecule has 0 unspecified atom stereocenters. The van der Waals surface area contributed by atoms with Gasteiger partial charge in [-0.1, -0.05) is 31.2 Å². The number of carbonyl (C=O) groups excluding carboxylic acids is 2. The van der Waals surface area contributed by atoms with E-state index in [0.29, 0.717) is 38.2 Å². The first-order chi connectivity index (χ1) is 13.6. The van der Waals surface area contributed by atoms with E-state index >= 15 is 0 Å². The number of nitrogens with one attached hydrogen (secondary N) is 2. The molecule has 1 fully saturated rings. The fourth-order valence-corrected chi connectivity index (χ4v) is 4.49. The van der Waals surface area contributed by atoms with Crippen LogP contribution in [-0.4, -0.2) is 34.8 Å². The van der Waals surface area contributed by atoms with Crippen LogP contribution in [0, 0.1) is 5.92 Å². The highest BCUT2D eigenvalue weighted by Crippen LogP contribution is 2.24. The zero-order valence-corrected chi connectivity index (χ0v) is 16.8. The lowest BCUT2D eigenvalue weighted by Gasteiger charge is -2.31. The molecule has 0 atom stereocenters. The van der Waals surface area contributed by atoms with E-state index in [1.54, 1.807) is 11.3 Å². The van der Waals surface area contributed by atoms with E-state index in [4.69, 9.17) is 0 Å². The van der Waals surface area contributed by atoms with Crippen LogP contribution in [-0.2, 0) is 17.8 Å². The zero-order valence-electron chi connectivity index (χ0n) is 16.0. The van der Waals surface area contributed by atoms with Crippen LogP contribution < -0.4 is 5.32 Å². The molecule has 0 saturated carbocycles. The average molecular weight is 396 g/mol. The first-order valence-electron chi connectivity index (χ1n) is 9.85. The van der Waals surface area contributed by atoms with E-state index in [9.17, 15) is 9.59 Å². The van der Waals surface area contributed by atoms with E-state index in [1.807, 2.05) is 22.4 Å². The number of likely N-dealkylation sites (tertiary alicyclic amines) is 1. The predicted octanol–water partition coefficient (Wildman–Crippen LogP) is 3.96. The van der Waals surface area contributed by atoms with Gasteiger partial charge >= 0.3 is 0 Å². The van der Waals surface area contributed by atoms with Crippen molar-refractivity contribution < 1.29 is 9.59 Å². The number of aromatic amines is 1. The van der Waals surface area contributed by atoms with Gasteiger partial charge in [0.2, 0.25) is 5.91 Å². The topological polar surface area (TPSA) is 65.2 Å². The summed E-state index contributed by atoms with van der Waals surface area (Å²) in [5.74, 6) is 0.0939. The van der Waals surface area contributed by atoms with Crippen molar-refractivity contribution in [3.63, 3.8) is 0 Å². The molecule has 1 aromatic carbocycles. The summed E-state index contributed by atoms with van der Waals surface area (Å²) in [4.78, 5) is 31.3. The number of fused-ring (bicyclic) bond motifs is 1. The van der Waals surface area contributed by atoms with Crippen molar-refractivity contribution >= 4 is 33.4 Å². The summed E-state index contributed by atoms with van der Waals surface area (Å²) >= 11 is 1.60. The molecule has 6 heteroatoms. The molecule has 4 rings (SSSR count). The number of H-pyrrole nitrogens is 1. The Balaban J connectivity index is 1.27. The number of aromatic nitrogens is 1. The minimum absolute atomic E-state index is 0.0221. The first kappa shape index (κ1) is 18.7. The minimum Gasteiger partial charge on any atom is -0.352 e. The van der Waals surface area contributed by atoms with Gasteiger partial charge in [-0.05, 0) is 47.9 Å². The van der Waals surface area contributed by atoms with Crippen LogP contribution >= 0.6 is 11.3 Å². The predicted molar refractivity (Wildman–Crippen MR) is 112 cm³/mol. The van der Waals surface area contributed by atoms with Crippen molar-refractivity contribution in [2.75, 3.05) is 13.1 Å². The van der Waals surface area contributed by atoms with Crippen molar-refractivity contribution in [3.05, 3.63) is 58.6 Å². The lowest BCUT2D eigenvalue weighted by atomic mass is 9.95. The summed E-state index contributed by atoms with van der Waals surface area (Å²) in [5, 5.41) is 6.14. The van der Waals surface area contributed by atoms with Gasteiger partial charge < -0.3 is 15.2 Å². The molecule has 1 saturated heterocycles. The summed E-state index contributed by atoms with van der Waals surface area (Å²) in [7, 11) is 0. The highest BCUT2D eigenvalue weighted by Gasteiger charge is 2.28. The maximum Gasteiger partial charge on any atom is 0.270 e. The largest absolute Gasteiger partial charge is 0.352 e. The number of aryl methyl sites for hydroxylation is 1. The third-order valence-corrected chi connectivity index (χ3v) is 6.37. The van der Waals surface area contributed by atoms with Crippen LogP contribution in [0.3, 0.4) is 0 Å². The second-order valence-corrected chi connectivity index (χ2v) is 8.26. The van der Waals surface area contributed by atoms with Gasteiger partial charge in [0.1, 0.15) is 10.5 Å². The Morgan fingerprint density at radius 3 is 2.54 bits per heavy atom.